The molecule has 106 valence electrons. The number of nitrogens with one attached hydrogen (secondary N) is 1. The maximum Gasteiger partial charge on any atom is 0.160 e. The lowest BCUT2D eigenvalue weighted by atomic mass is 10.1. The molecular formula is C15H21N5. The third kappa shape index (κ3) is 2.07. The van der Waals surface area contributed by atoms with Crippen molar-refractivity contribution in [1.29, 1.82) is 0 Å². The number of piperazine rings is 1. The fraction of sp³-hybridized carbons (Fsp3) is 0.533. The second kappa shape index (κ2) is 4.75. The molecule has 3 heterocycles. The van der Waals surface area contributed by atoms with Gasteiger partial charge in [0.25, 0.3) is 0 Å². The van der Waals surface area contributed by atoms with Crippen LogP contribution >= 0.6 is 0 Å². The minimum absolute atomic E-state index is 0.501. The van der Waals surface area contributed by atoms with E-state index in [9.17, 15) is 0 Å². The molecule has 2 fully saturated rings. The highest BCUT2D eigenvalue weighted by molar-refractivity contribution is 5.71. The van der Waals surface area contributed by atoms with Crippen molar-refractivity contribution >= 4 is 11.3 Å². The predicted molar refractivity (Wildman–Crippen MR) is 80.1 cm³/mol. The molecule has 5 nitrogen and oxygen atoms in total. The van der Waals surface area contributed by atoms with E-state index in [1.54, 1.807) is 0 Å². The number of nitrogens with two attached hydrogens (primary N) is 1. The van der Waals surface area contributed by atoms with Gasteiger partial charge in [-0.15, -0.1) is 0 Å². The number of fused-ring (bicyclic) bond motifs is 1. The Bertz CT molecular complexity index is 622. The first-order chi connectivity index (χ1) is 9.85. The number of rotatable bonds is 3. The topological polar surface area (TPSA) is 58.6 Å². The van der Waals surface area contributed by atoms with Gasteiger partial charge in [-0.25, -0.2) is 4.98 Å². The van der Waals surface area contributed by atoms with Crippen molar-refractivity contribution in [1.82, 2.24) is 14.7 Å². The van der Waals surface area contributed by atoms with Crippen molar-refractivity contribution < 1.29 is 0 Å². The molecule has 0 spiro atoms. The van der Waals surface area contributed by atoms with E-state index >= 15 is 0 Å². The molecular weight excluding hydrogens is 250 g/mol. The van der Waals surface area contributed by atoms with Crippen LogP contribution in [0.3, 0.4) is 0 Å². The average molecular weight is 271 g/mol. The van der Waals surface area contributed by atoms with Crippen LogP contribution in [0.2, 0.25) is 0 Å². The second-order valence-electron chi connectivity index (χ2n) is 5.84. The lowest BCUT2D eigenvalue weighted by molar-refractivity contribution is 0.589. The maximum atomic E-state index is 5.75. The number of aromatic nitrogens is 2. The monoisotopic (exact) mass is 271 g/mol. The van der Waals surface area contributed by atoms with E-state index in [2.05, 4.69) is 33.1 Å². The Balaban J connectivity index is 1.83. The van der Waals surface area contributed by atoms with Crippen molar-refractivity contribution in [3.63, 3.8) is 0 Å². The molecule has 0 atom stereocenters. The number of imidazole rings is 1. The fourth-order valence-corrected chi connectivity index (χ4v) is 3.03. The van der Waals surface area contributed by atoms with Gasteiger partial charge in [0.05, 0.1) is 11.4 Å². The van der Waals surface area contributed by atoms with Gasteiger partial charge in [0.15, 0.2) is 5.65 Å². The summed E-state index contributed by atoms with van der Waals surface area (Å²) < 4.78 is 2.17. The third-order valence-corrected chi connectivity index (χ3v) is 4.32. The van der Waals surface area contributed by atoms with Crippen LogP contribution in [0.5, 0.6) is 0 Å². The van der Waals surface area contributed by atoms with E-state index in [0.29, 0.717) is 6.54 Å². The molecule has 2 aliphatic rings. The summed E-state index contributed by atoms with van der Waals surface area (Å²) in [5.74, 6) is 0.754. The predicted octanol–water partition coefficient (Wildman–Crippen LogP) is 1.08. The van der Waals surface area contributed by atoms with Gasteiger partial charge in [0, 0.05) is 45.1 Å². The Hall–Kier alpha value is -1.59. The van der Waals surface area contributed by atoms with Crippen LogP contribution in [0.4, 0.5) is 5.69 Å². The average Bonchev–Trinajstić information content (AvgIpc) is 3.26. The quantitative estimate of drug-likeness (QED) is 0.877. The molecule has 4 rings (SSSR count). The van der Waals surface area contributed by atoms with E-state index in [-0.39, 0.29) is 0 Å². The lowest BCUT2D eigenvalue weighted by Gasteiger charge is -2.30. The minimum atomic E-state index is 0.501. The summed E-state index contributed by atoms with van der Waals surface area (Å²) in [6.07, 6.45) is 6.97. The Morgan fingerprint density at radius 3 is 2.75 bits per heavy atom. The van der Waals surface area contributed by atoms with Gasteiger partial charge < -0.3 is 20.4 Å². The minimum Gasteiger partial charge on any atom is -0.366 e. The zero-order chi connectivity index (χ0) is 13.5. The van der Waals surface area contributed by atoms with Crippen LogP contribution in [0.1, 0.15) is 30.0 Å². The fourth-order valence-electron chi connectivity index (χ4n) is 3.03. The molecule has 0 radical (unpaired) electrons. The molecule has 20 heavy (non-hydrogen) atoms. The molecule has 0 unspecified atom stereocenters. The molecule has 3 N–H and O–H groups in total. The van der Waals surface area contributed by atoms with Crippen molar-refractivity contribution in [3.8, 4) is 0 Å². The first-order valence-electron chi connectivity index (χ1n) is 7.52. The zero-order valence-electron chi connectivity index (χ0n) is 11.7. The number of anilines is 1. The van der Waals surface area contributed by atoms with E-state index in [4.69, 9.17) is 10.7 Å². The first-order valence-corrected chi connectivity index (χ1v) is 7.52. The van der Waals surface area contributed by atoms with Gasteiger partial charge in [0.2, 0.25) is 0 Å². The standard InChI is InChI=1S/C15H21N5/c16-8-13-10-20-9-12(11-1-2-11)7-14(15(20)18-13)19-5-3-17-4-6-19/h7,9-11,17H,1-6,8,16H2. The summed E-state index contributed by atoms with van der Waals surface area (Å²) in [7, 11) is 0. The van der Waals surface area contributed by atoms with Gasteiger partial charge in [0.1, 0.15) is 0 Å². The molecule has 0 bridgehead atoms. The summed E-state index contributed by atoms with van der Waals surface area (Å²) >= 11 is 0. The van der Waals surface area contributed by atoms with Crippen LogP contribution < -0.4 is 16.0 Å². The van der Waals surface area contributed by atoms with Gasteiger partial charge in [-0.3, -0.25) is 0 Å². The highest BCUT2D eigenvalue weighted by atomic mass is 15.2. The highest BCUT2D eigenvalue weighted by Gasteiger charge is 2.26. The number of hydrogen-bond acceptors (Lipinski definition) is 4. The molecule has 1 aliphatic carbocycles. The van der Waals surface area contributed by atoms with E-state index in [1.165, 1.54) is 24.1 Å². The molecule has 0 amide bonds. The summed E-state index contributed by atoms with van der Waals surface area (Å²) in [5, 5.41) is 3.41. The Morgan fingerprint density at radius 2 is 2.05 bits per heavy atom. The Morgan fingerprint density at radius 1 is 1.25 bits per heavy atom. The Kier molecular flexibility index (Phi) is 2.89. The molecule has 1 saturated heterocycles. The van der Waals surface area contributed by atoms with E-state index in [1.807, 2.05) is 0 Å². The summed E-state index contributed by atoms with van der Waals surface area (Å²) in [5.41, 5.74) is 10.5. The van der Waals surface area contributed by atoms with Gasteiger partial charge >= 0.3 is 0 Å². The van der Waals surface area contributed by atoms with Crippen molar-refractivity contribution in [2.24, 2.45) is 5.73 Å². The lowest BCUT2D eigenvalue weighted by Crippen LogP contribution is -2.43. The normalized spacial score (nSPS) is 19.8. The summed E-state index contributed by atoms with van der Waals surface area (Å²) in [4.78, 5) is 7.15. The van der Waals surface area contributed by atoms with Crippen LogP contribution in [0, 0.1) is 0 Å². The third-order valence-electron chi connectivity index (χ3n) is 4.32. The molecule has 5 heteroatoms. The number of hydrogen-bond donors (Lipinski definition) is 2. The molecule has 1 saturated carbocycles. The van der Waals surface area contributed by atoms with Crippen LogP contribution in [0.25, 0.3) is 5.65 Å². The van der Waals surface area contributed by atoms with Crippen molar-refractivity contribution in [3.05, 3.63) is 29.7 Å². The number of nitrogens with zero attached hydrogens (tertiary/aromatic N) is 3. The van der Waals surface area contributed by atoms with Gasteiger partial charge in [-0.1, -0.05) is 0 Å². The molecule has 2 aromatic heterocycles. The largest absolute Gasteiger partial charge is 0.366 e. The van der Waals surface area contributed by atoms with Crippen LogP contribution in [0.15, 0.2) is 18.5 Å². The smallest absolute Gasteiger partial charge is 0.160 e. The van der Waals surface area contributed by atoms with Crippen LogP contribution in [-0.4, -0.2) is 35.6 Å². The first kappa shape index (κ1) is 12.2. The number of pyridine rings is 1. The van der Waals surface area contributed by atoms with Crippen molar-refractivity contribution in [2.75, 3.05) is 31.1 Å². The van der Waals surface area contributed by atoms with E-state index in [0.717, 1.165) is 43.4 Å². The maximum absolute atomic E-state index is 5.75. The summed E-state index contributed by atoms with van der Waals surface area (Å²) in [6.45, 7) is 4.69. The van der Waals surface area contributed by atoms with Gasteiger partial charge in [-0.2, -0.15) is 0 Å². The molecule has 0 aromatic carbocycles. The SMILES string of the molecule is NCc1cn2cc(C3CC3)cc(N3CCNCC3)c2n1. The molecule has 2 aromatic rings. The van der Waals surface area contributed by atoms with Crippen LogP contribution in [-0.2, 0) is 6.54 Å². The van der Waals surface area contributed by atoms with E-state index < -0.39 is 0 Å². The van der Waals surface area contributed by atoms with Gasteiger partial charge in [-0.05, 0) is 30.4 Å². The summed E-state index contributed by atoms with van der Waals surface area (Å²) in [6, 6.07) is 2.35. The highest BCUT2D eigenvalue weighted by Crippen LogP contribution is 2.41. The van der Waals surface area contributed by atoms with Crippen molar-refractivity contribution in [2.45, 2.75) is 25.3 Å². The Labute approximate surface area is 118 Å². The second-order valence-corrected chi connectivity index (χ2v) is 5.84. The molecule has 1 aliphatic heterocycles. The zero-order valence-corrected chi connectivity index (χ0v) is 11.7.